The van der Waals surface area contributed by atoms with Crippen molar-refractivity contribution in [2.45, 2.75) is 26.3 Å². The number of imide groups is 1. The molecule has 0 aromatic carbocycles. The van der Waals surface area contributed by atoms with Crippen LogP contribution in [0.1, 0.15) is 20.8 Å². The van der Waals surface area contributed by atoms with E-state index in [-0.39, 0.29) is 18.3 Å². The fraction of sp³-hybridized carbons (Fsp3) is 0.500. The highest BCUT2D eigenvalue weighted by Gasteiger charge is 2.42. The summed E-state index contributed by atoms with van der Waals surface area (Å²) in [4.78, 5) is 32.6. The number of nitrogens with one attached hydrogen (secondary N) is 2. The van der Waals surface area contributed by atoms with E-state index in [0.717, 1.165) is 6.20 Å². The minimum Gasteiger partial charge on any atom is -0.354 e. The number of halogens is 1. The Morgan fingerprint density at radius 3 is 2.85 bits per heavy atom. The summed E-state index contributed by atoms with van der Waals surface area (Å²) in [7, 11) is 0. The van der Waals surface area contributed by atoms with Crippen LogP contribution in [0.15, 0.2) is 6.20 Å². The Hall–Kier alpha value is -2.25. The van der Waals surface area contributed by atoms with E-state index in [4.69, 9.17) is 0 Å². The van der Waals surface area contributed by atoms with Crippen molar-refractivity contribution in [3.63, 3.8) is 0 Å². The van der Waals surface area contributed by atoms with Gasteiger partial charge in [-0.1, -0.05) is 0 Å². The predicted octanol–water partition coefficient (Wildman–Crippen LogP) is 0.289. The van der Waals surface area contributed by atoms with E-state index in [1.165, 1.54) is 4.90 Å². The summed E-state index contributed by atoms with van der Waals surface area (Å²) in [6.45, 7) is 5.49. The Kier molecular flexibility index (Phi) is 3.56. The molecule has 1 aliphatic rings. The molecular formula is C12H16FN5O2. The highest BCUT2D eigenvalue weighted by molar-refractivity contribution is 6.06. The fourth-order valence-electron chi connectivity index (χ4n) is 1.91. The van der Waals surface area contributed by atoms with Gasteiger partial charge in [-0.05, 0) is 20.8 Å². The van der Waals surface area contributed by atoms with Crippen molar-refractivity contribution in [1.82, 2.24) is 15.3 Å². The zero-order valence-electron chi connectivity index (χ0n) is 11.5. The van der Waals surface area contributed by atoms with Crippen LogP contribution >= 0.6 is 0 Å². The van der Waals surface area contributed by atoms with Crippen LogP contribution in [0.4, 0.5) is 16.2 Å². The topological polar surface area (TPSA) is 87.2 Å². The van der Waals surface area contributed by atoms with Crippen LogP contribution in [-0.4, -0.2) is 40.4 Å². The van der Waals surface area contributed by atoms with E-state index in [2.05, 4.69) is 20.6 Å². The number of hydrogen-bond acceptors (Lipinski definition) is 6. The minimum atomic E-state index is -1.08. The molecule has 1 aromatic rings. The normalized spacial score (nSPS) is 17.9. The smallest absolute Gasteiger partial charge is 0.251 e. The molecule has 0 atom stereocenters. The number of carbonyl (C=O) groups excluding carboxylic acids is 2. The number of carbonyl (C=O) groups is 2. The highest BCUT2D eigenvalue weighted by atomic mass is 19.1. The molecule has 0 saturated carbocycles. The average Bonchev–Trinajstić information content (AvgIpc) is 2.37. The third-order valence-electron chi connectivity index (χ3n) is 3.10. The van der Waals surface area contributed by atoms with Crippen molar-refractivity contribution in [3.05, 3.63) is 12.0 Å². The van der Waals surface area contributed by atoms with Gasteiger partial charge in [-0.2, -0.15) is 4.98 Å². The van der Waals surface area contributed by atoms with Gasteiger partial charge in [-0.15, -0.1) is 0 Å². The first-order valence-electron chi connectivity index (χ1n) is 6.24. The van der Waals surface area contributed by atoms with E-state index in [0.29, 0.717) is 6.54 Å². The summed E-state index contributed by atoms with van der Waals surface area (Å²) in [5.74, 6) is -1.47. The Labute approximate surface area is 115 Å². The lowest BCUT2D eigenvalue weighted by Crippen LogP contribution is -2.64. The molecule has 0 spiro atoms. The first-order chi connectivity index (χ1) is 9.36. The molecule has 2 N–H and O–H groups in total. The van der Waals surface area contributed by atoms with Gasteiger partial charge in [-0.3, -0.25) is 14.9 Å². The number of anilines is 2. The van der Waals surface area contributed by atoms with E-state index in [1.807, 2.05) is 6.92 Å². The molecule has 0 unspecified atom stereocenters. The maximum Gasteiger partial charge on any atom is 0.251 e. The van der Waals surface area contributed by atoms with Gasteiger partial charge in [0, 0.05) is 6.54 Å². The number of aromatic nitrogens is 2. The lowest BCUT2D eigenvalue weighted by Gasteiger charge is -2.40. The van der Waals surface area contributed by atoms with Gasteiger partial charge in [0.05, 0.1) is 12.7 Å². The molecule has 1 aliphatic heterocycles. The molecular weight excluding hydrogens is 265 g/mol. The van der Waals surface area contributed by atoms with Gasteiger partial charge in [0.1, 0.15) is 5.54 Å². The molecule has 1 saturated heterocycles. The number of hydrogen-bond donors (Lipinski definition) is 2. The molecule has 2 amide bonds. The summed E-state index contributed by atoms with van der Waals surface area (Å²) in [5, 5.41) is 5.09. The Balaban J connectivity index is 2.45. The third kappa shape index (κ3) is 2.40. The van der Waals surface area contributed by atoms with Crippen LogP contribution in [0.25, 0.3) is 0 Å². The Morgan fingerprint density at radius 2 is 2.20 bits per heavy atom. The monoisotopic (exact) mass is 281 g/mol. The molecule has 0 radical (unpaired) electrons. The molecule has 0 bridgehead atoms. The second kappa shape index (κ2) is 5.03. The SMILES string of the molecule is CCNc1ncc(F)c(N2CC(=O)NC(=O)C2(C)C)n1. The van der Waals surface area contributed by atoms with E-state index in [9.17, 15) is 14.0 Å². The van der Waals surface area contributed by atoms with Gasteiger partial charge in [0.25, 0.3) is 5.91 Å². The van der Waals surface area contributed by atoms with Crippen molar-refractivity contribution in [1.29, 1.82) is 0 Å². The minimum absolute atomic E-state index is 0.0656. The van der Waals surface area contributed by atoms with Crippen molar-refractivity contribution in [3.8, 4) is 0 Å². The van der Waals surface area contributed by atoms with Crippen molar-refractivity contribution >= 4 is 23.6 Å². The quantitative estimate of drug-likeness (QED) is 0.774. The van der Waals surface area contributed by atoms with Gasteiger partial charge >= 0.3 is 0 Å². The zero-order chi connectivity index (χ0) is 14.9. The molecule has 7 nitrogen and oxygen atoms in total. The number of amides is 2. The maximum atomic E-state index is 14.0. The third-order valence-corrected chi connectivity index (χ3v) is 3.10. The second-order valence-corrected chi connectivity index (χ2v) is 4.92. The zero-order valence-corrected chi connectivity index (χ0v) is 11.5. The largest absolute Gasteiger partial charge is 0.354 e. The van der Waals surface area contributed by atoms with Crippen molar-refractivity contribution in [2.75, 3.05) is 23.3 Å². The summed E-state index contributed by atoms with van der Waals surface area (Å²) in [6, 6.07) is 0. The summed E-state index contributed by atoms with van der Waals surface area (Å²) in [6.07, 6.45) is 1.02. The number of nitrogens with zero attached hydrogens (tertiary/aromatic N) is 3. The second-order valence-electron chi connectivity index (χ2n) is 4.92. The highest BCUT2D eigenvalue weighted by Crippen LogP contribution is 2.27. The van der Waals surface area contributed by atoms with Gasteiger partial charge < -0.3 is 10.2 Å². The van der Waals surface area contributed by atoms with E-state index >= 15 is 0 Å². The molecule has 1 fully saturated rings. The lowest BCUT2D eigenvalue weighted by atomic mass is 9.99. The average molecular weight is 281 g/mol. The number of piperazine rings is 1. The van der Waals surface area contributed by atoms with Crippen LogP contribution in [0.3, 0.4) is 0 Å². The Bertz CT molecular complexity index is 561. The molecule has 2 heterocycles. The fourth-order valence-corrected chi connectivity index (χ4v) is 1.91. The van der Waals surface area contributed by atoms with Gasteiger partial charge in [-0.25, -0.2) is 9.37 Å². The summed E-state index contributed by atoms with van der Waals surface area (Å²) >= 11 is 0. The maximum absolute atomic E-state index is 14.0. The van der Waals surface area contributed by atoms with Crippen LogP contribution in [0.2, 0.25) is 0 Å². The van der Waals surface area contributed by atoms with Crippen molar-refractivity contribution < 1.29 is 14.0 Å². The van der Waals surface area contributed by atoms with Crippen LogP contribution in [0, 0.1) is 5.82 Å². The molecule has 108 valence electrons. The van der Waals surface area contributed by atoms with E-state index in [1.54, 1.807) is 13.8 Å². The van der Waals surface area contributed by atoms with Crippen LogP contribution in [-0.2, 0) is 9.59 Å². The summed E-state index contributed by atoms with van der Waals surface area (Å²) in [5.41, 5.74) is -1.08. The first-order valence-corrected chi connectivity index (χ1v) is 6.24. The van der Waals surface area contributed by atoms with Gasteiger partial charge in [0.15, 0.2) is 11.6 Å². The lowest BCUT2D eigenvalue weighted by molar-refractivity contribution is -0.135. The first kappa shape index (κ1) is 14.2. The molecule has 8 heteroatoms. The van der Waals surface area contributed by atoms with Gasteiger partial charge in [0.2, 0.25) is 11.9 Å². The van der Waals surface area contributed by atoms with E-state index < -0.39 is 23.2 Å². The Morgan fingerprint density at radius 1 is 1.50 bits per heavy atom. The molecule has 20 heavy (non-hydrogen) atoms. The van der Waals surface area contributed by atoms with Crippen LogP contribution in [0.5, 0.6) is 0 Å². The summed E-state index contributed by atoms with van der Waals surface area (Å²) < 4.78 is 14.0. The van der Waals surface area contributed by atoms with Crippen LogP contribution < -0.4 is 15.5 Å². The van der Waals surface area contributed by atoms with Crippen molar-refractivity contribution in [2.24, 2.45) is 0 Å². The molecule has 0 aliphatic carbocycles. The predicted molar refractivity (Wildman–Crippen MR) is 70.7 cm³/mol. The molecule has 2 rings (SSSR count). The standard InChI is InChI=1S/C12H16FN5O2/c1-4-14-11-15-5-7(13)9(17-11)18-6-8(19)16-10(20)12(18,2)3/h5H,4,6H2,1-3H3,(H,14,15,17)(H,16,19,20). The molecule has 1 aromatic heterocycles. The number of rotatable bonds is 3.